The number of carbonyl (C=O) groups excluding carboxylic acids is 2. The molecule has 0 aliphatic carbocycles. The van der Waals surface area contributed by atoms with Crippen molar-refractivity contribution in [2.75, 3.05) is 11.9 Å². The van der Waals surface area contributed by atoms with Crippen molar-refractivity contribution < 1.29 is 14.0 Å². The lowest BCUT2D eigenvalue weighted by Crippen LogP contribution is -2.29. The van der Waals surface area contributed by atoms with Crippen LogP contribution in [0.5, 0.6) is 0 Å². The Morgan fingerprint density at radius 1 is 0.893 bits per heavy atom. The van der Waals surface area contributed by atoms with Crippen LogP contribution < -0.4 is 10.6 Å². The molecule has 0 aliphatic heterocycles. The number of benzene rings is 3. The van der Waals surface area contributed by atoms with Crippen molar-refractivity contribution in [2.24, 2.45) is 0 Å². The van der Waals surface area contributed by atoms with Gasteiger partial charge < -0.3 is 10.6 Å². The normalized spacial score (nSPS) is 10.5. The highest BCUT2D eigenvalue weighted by Crippen LogP contribution is 2.24. The van der Waals surface area contributed by atoms with E-state index in [1.165, 1.54) is 25.1 Å². The lowest BCUT2D eigenvalue weighted by atomic mass is 9.91. The summed E-state index contributed by atoms with van der Waals surface area (Å²) in [6.07, 6.45) is 0. The molecule has 0 atom stereocenters. The van der Waals surface area contributed by atoms with E-state index in [-0.39, 0.29) is 23.1 Å². The third kappa shape index (κ3) is 4.82. The number of rotatable bonds is 6. The molecule has 3 aromatic carbocycles. The molecule has 2 amide bonds. The molecule has 28 heavy (non-hydrogen) atoms. The van der Waals surface area contributed by atoms with Crippen LogP contribution in [0.1, 0.15) is 34.3 Å². The predicted molar refractivity (Wildman–Crippen MR) is 108 cm³/mol. The Morgan fingerprint density at radius 2 is 1.46 bits per heavy atom. The number of anilines is 1. The van der Waals surface area contributed by atoms with E-state index in [1.54, 1.807) is 0 Å². The van der Waals surface area contributed by atoms with E-state index in [2.05, 4.69) is 10.6 Å². The zero-order valence-corrected chi connectivity index (χ0v) is 15.5. The van der Waals surface area contributed by atoms with Gasteiger partial charge in [0.2, 0.25) is 5.91 Å². The minimum atomic E-state index is -0.585. The van der Waals surface area contributed by atoms with Gasteiger partial charge in [-0.25, -0.2) is 4.39 Å². The largest absolute Gasteiger partial charge is 0.351 e. The van der Waals surface area contributed by atoms with E-state index in [0.717, 1.165) is 11.1 Å². The lowest BCUT2D eigenvalue weighted by molar-refractivity contribution is -0.114. The molecule has 0 unspecified atom stereocenters. The Balaban J connectivity index is 1.78. The van der Waals surface area contributed by atoms with Crippen molar-refractivity contribution in [1.82, 2.24) is 5.32 Å². The Morgan fingerprint density at radius 3 is 2.00 bits per heavy atom. The van der Waals surface area contributed by atoms with Crippen molar-refractivity contribution in [3.8, 4) is 0 Å². The lowest BCUT2D eigenvalue weighted by Gasteiger charge is -2.19. The molecular weight excluding hydrogens is 355 g/mol. The SMILES string of the molecule is CC(=O)Nc1cc(C(=O)NCC(c2ccccc2)c2ccccc2)ccc1F. The van der Waals surface area contributed by atoms with Gasteiger partial charge in [-0.05, 0) is 29.3 Å². The fourth-order valence-electron chi connectivity index (χ4n) is 3.05. The van der Waals surface area contributed by atoms with Crippen LogP contribution in [-0.4, -0.2) is 18.4 Å². The van der Waals surface area contributed by atoms with Crippen LogP contribution in [0.25, 0.3) is 0 Å². The first-order chi connectivity index (χ1) is 13.5. The maximum Gasteiger partial charge on any atom is 0.251 e. The van der Waals surface area contributed by atoms with E-state index in [1.807, 2.05) is 60.7 Å². The Labute approximate surface area is 163 Å². The van der Waals surface area contributed by atoms with Gasteiger partial charge in [0.05, 0.1) is 5.69 Å². The van der Waals surface area contributed by atoms with Gasteiger partial charge in [-0.15, -0.1) is 0 Å². The first-order valence-electron chi connectivity index (χ1n) is 9.00. The highest BCUT2D eigenvalue weighted by molar-refractivity contribution is 5.96. The van der Waals surface area contributed by atoms with Crippen LogP contribution in [0.15, 0.2) is 78.9 Å². The third-order valence-electron chi connectivity index (χ3n) is 4.41. The number of halogens is 1. The number of nitrogens with one attached hydrogen (secondary N) is 2. The van der Waals surface area contributed by atoms with Crippen molar-refractivity contribution >= 4 is 17.5 Å². The van der Waals surface area contributed by atoms with Gasteiger partial charge >= 0.3 is 0 Å². The maximum absolute atomic E-state index is 13.8. The van der Waals surface area contributed by atoms with E-state index in [9.17, 15) is 14.0 Å². The quantitative estimate of drug-likeness (QED) is 0.672. The van der Waals surface area contributed by atoms with Crippen LogP contribution in [0.4, 0.5) is 10.1 Å². The van der Waals surface area contributed by atoms with Gasteiger partial charge in [-0.2, -0.15) is 0 Å². The third-order valence-corrected chi connectivity index (χ3v) is 4.41. The molecule has 142 valence electrons. The summed E-state index contributed by atoms with van der Waals surface area (Å²) in [4.78, 5) is 23.8. The molecule has 4 nitrogen and oxygen atoms in total. The van der Waals surface area contributed by atoms with E-state index < -0.39 is 11.7 Å². The van der Waals surface area contributed by atoms with Gasteiger partial charge in [0.15, 0.2) is 0 Å². The molecule has 0 saturated carbocycles. The predicted octanol–water partition coefficient (Wildman–Crippen LogP) is 4.35. The van der Waals surface area contributed by atoms with Gasteiger partial charge in [0.25, 0.3) is 5.91 Å². The van der Waals surface area contributed by atoms with Gasteiger partial charge in [0, 0.05) is 24.9 Å². The second kappa shape index (κ2) is 8.95. The van der Waals surface area contributed by atoms with Crippen molar-refractivity contribution in [3.05, 3.63) is 101 Å². The van der Waals surface area contributed by atoms with Crippen LogP contribution in [0, 0.1) is 5.82 Å². The standard InChI is InChI=1S/C23H21FN2O2/c1-16(27)26-22-14-19(12-13-21(22)24)23(28)25-15-20(17-8-4-2-5-9-17)18-10-6-3-7-11-18/h2-14,20H,15H2,1H3,(H,25,28)(H,26,27). The number of amides is 2. The van der Waals surface area contributed by atoms with Crippen molar-refractivity contribution in [3.63, 3.8) is 0 Å². The summed E-state index contributed by atoms with van der Waals surface area (Å²) in [6, 6.07) is 23.8. The van der Waals surface area contributed by atoms with E-state index >= 15 is 0 Å². The Kier molecular flexibility index (Phi) is 6.17. The Bertz CT molecular complexity index is 919. The molecule has 0 aromatic heterocycles. The topological polar surface area (TPSA) is 58.2 Å². The molecule has 0 saturated heterocycles. The molecular formula is C23H21FN2O2. The summed E-state index contributed by atoms with van der Waals surface area (Å²) in [5, 5.41) is 5.31. The summed E-state index contributed by atoms with van der Waals surface area (Å²) in [7, 11) is 0. The minimum absolute atomic E-state index is 0.0113. The first kappa shape index (κ1) is 19.3. The molecule has 3 aromatic rings. The monoisotopic (exact) mass is 376 g/mol. The number of hydrogen-bond donors (Lipinski definition) is 2. The fraction of sp³-hybridized carbons (Fsp3) is 0.130. The van der Waals surface area contributed by atoms with Crippen LogP contribution >= 0.6 is 0 Å². The molecule has 0 aliphatic rings. The second-order valence-electron chi connectivity index (χ2n) is 6.46. The molecule has 5 heteroatoms. The van der Waals surface area contributed by atoms with Crippen molar-refractivity contribution in [2.45, 2.75) is 12.8 Å². The molecule has 0 fully saturated rings. The maximum atomic E-state index is 13.8. The summed E-state index contributed by atoms with van der Waals surface area (Å²) in [5.74, 6) is -1.33. The average Bonchev–Trinajstić information content (AvgIpc) is 2.71. The van der Waals surface area contributed by atoms with Crippen molar-refractivity contribution in [1.29, 1.82) is 0 Å². The Hall–Kier alpha value is -3.47. The molecule has 0 bridgehead atoms. The summed E-state index contributed by atoms with van der Waals surface area (Å²) < 4.78 is 13.8. The summed E-state index contributed by atoms with van der Waals surface area (Å²) in [6.45, 7) is 1.68. The first-order valence-corrected chi connectivity index (χ1v) is 9.00. The van der Waals surface area contributed by atoms with Gasteiger partial charge in [0.1, 0.15) is 5.82 Å². The fourth-order valence-corrected chi connectivity index (χ4v) is 3.05. The average molecular weight is 376 g/mol. The molecule has 0 radical (unpaired) electrons. The van der Waals surface area contributed by atoms with E-state index in [0.29, 0.717) is 6.54 Å². The smallest absolute Gasteiger partial charge is 0.251 e. The molecule has 0 heterocycles. The van der Waals surface area contributed by atoms with Gasteiger partial charge in [-0.3, -0.25) is 9.59 Å². The minimum Gasteiger partial charge on any atom is -0.351 e. The molecule has 0 spiro atoms. The number of hydrogen-bond acceptors (Lipinski definition) is 2. The van der Waals surface area contributed by atoms with E-state index in [4.69, 9.17) is 0 Å². The van der Waals surface area contributed by atoms with Crippen LogP contribution in [-0.2, 0) is 4.79 Å². The molecule has 2 N–H and O–H groups in total. The zero-order chi connectivity index (χ0) is 19.9. The van der Waals surface area contributed by atoms with Crippen LogP contribution in [0.3, 0.4) is 0 Å². The van der Waals surface area contributed by atoms with Gasteiger partial charge in [-0.1, -0.05) is 60.7 Å². The second-order valence-corrected chi connectivity index (χ2v) is 6.46. The highest BCUT2D eigenvalue weighted by atomic mass is 19.1. The number of carbonyl (C=O) groups is 2. The summed E-state index contributed by atoms with van der Waals surface area (Å²) >= 11 is 0. The molecule has 3 rings (SSSR count). The highest BCUT2D eigenvalue weighted by Gasteiger charge is 2.16. The summed E-state index contributed by atoms with van der Waals surface area (Å²) in [5.41, 5.74) is 2.45. The van der Waals surface area contributed by atoms with Crippen LogP contribution in [0.2, 0.25) is 0 Å². The zero-order valence-electron chi connectivity index (χ0n) is 15.5.